The Bertz CT molecular complexity index is 603. The van der Waals surface area contributed by atoms with Crippen LogP contribution in [0.5, 0.6) is 0 Å². The number of ketones is 1. The topological polar surface area (TPSA) is 64.7 Å². The number of Topliss-reactive ketones (excluding diaryl/α,β-unsaturated/α-hetero) is 1. The molecule has 4 rings (SSSR count). The van der Waals surface area contributed by atoms with Crippen molar-refractivity contribution in [2.45, 2.75) is 84.5 Å². The molecule has 2 N–H and O–H groups in total. The number of nitrogens with two attached hydrogens (primary N) is 1. The van der Waals surface area contributed by atoms with E-state index in [9.17, 15) is 4.79 Å². The number of fused-ring (bicyclic) bond motifs is 5. The maximum atomic E-state index is 12.5. The summed E-state index contributed by atoms with van der Waals surface area (Å²) in [4.78, 5) is 18.1. The quantitative estimate of drug-likeness (QED) is 0.560. The zero-order valence-corrected chi connectivity index (χ0v) is 17.3. The van der Waals surface area contributed by atoms with E-state index in [-0.39, 0.29) is 5.41 Å². The van der Waals surface area contributed by atoms with Gasteiger partial charge in [-0.1, -0.05) is 19.0 Å². The molecule has 0 aromatic heterocycles. The summed E-state index contributed by atoms with van der Waals surface area (Å²) in [5.41, 5.74) is 7.25. The highest BCUT2D eigenvalue weighted by molar-refractivity contribution is 5.87. The van der Waals surface area contributed by atoms with E-state index < -0.39 is 0 Å². The number of nitrogens with zero attached hydrogens (tertiary/aromatic N) is 1. The van der Waals surface area contributed by atoms with Gasteiger partial charge in [-0.05, 0) is 99.8 Å². The number of rotatable bonds is 5. The molecular weight excluding hydrogens is 336 g/mol. The molecule has 6 atom stereocenters. The number of carbonyl (C=O) groups excluding carboxylic acids is 1. The first-order valence-corrected chi connectivity index (χ1v) is 11.4. The molecule has 4 nitrogen and oxygen atoms in total. The van der Waals surface area contributed by atoms with Crippen LogP contribution in [0.2, 0.25) is 0 Å². The second kappa shape index (κ2) is 7.50. The van der Waals surface area contributed by atoms with Gasteiger partial charge in [-0.25, -0.2) is 0 Å². The van der Waals surface area contributed by atoms with Gasteiger partial charge in [-0.3, -0.25) is 4.79 Å². The highest BCUT2D eigenvalue weighted by atomic mass is 16.6. The molecule has 27 heavy (non-hydrogen) atoms. The average molecular weight is 375 g/mol. The van der Waals surface area contributed by atoms with Crippen molar-refractivity contribution < 1.29 is 9.63 Å². The third kappa shape index (κ3) is 3.26. The minimum atomic E-state index is 0.00299. The summed E-state index contributed by atoms with van der Waals surface area (Å²) in [7, 11) is 0. The highest BCUT2D eigenvalue weighted by Gasteiger charge is 2.60. The molecule has 0 aliphatic heterocycles. The summed E-state index contributed by atoms with van der Waals surface area (Å²) in [5.74, 6) is 3.56. The second-order valence-electron chi connectivity index (χ2n) is 10.3. The van der Waals surface area contributed by atoms with Gasteiger partial charge in [-0.15, -0.1) is 0 Å². The smallest absolute Gasteiger partial charge is 0.139 e. The third-order valence-electron chi connectivity index (χ3n) is 9.09. The molecule has 4 saturated carbocycles. The van der Waals surface area contributed by atoms with Gasteiger partial charge in [0.15, 0.2) is 0 Å². The predicted molar refractivity (Wildman–Crippen MR) is 108 cm³/mol. The monoisotopic (exact) mass is 374 g/mol. The maximum absolute atomic E-state index is 12.5. The van der Waals surface area contributed by atoms with Crippen molar-refractivity contribution >= 4 is 11.5 Å². The van der Waals surface area contributed by atoms with E-state index in [1.54, 1.807) is 0 Å². The summed E-state index contributed by atoms with van der Waals surface area (Å²) >= 11 is 0. The van der Waals surface area contributed by atoms with Crippen LogP contribution in [0.4, 0.5) is 0 Å². The van der Waals surface area contributed by atoms with Gasteiger partial charge in [0.05, 0.1) is 5.71 Å². The number of unbranched alkanes of at least 4 members (excludes halogenated alkanes) is 1. The molecule has 152 valence electrons. The van der Waals surface area contributed by atoms with Crippen LogP contribution >= 0.6 is 0 Å². The SMILES string of the molecule is CC12CCC3C(CCC4CC(=NOCCCCN)CCC43C)C1CCC2=O. The van der Waals surface area contributed by atoms with Gasteiger partial charge in [0.2, 0.25) is 0 Å². The molecular formula is C23H38N2O2. The van der Waals surface area contributed by atoms with Crippen molar-refractivity contribution in [2.24, 2.45) is 45.4 Å². The van der Waals surface area contributed by atoms with E-state index in [1.807, 2.05) is 0 Å². The van der Waals surface area contributed by atoms with Crippen LogP contribution in [0.15, 0.2) is 5.16 Å². The van der Waals surface area contributed by atoms with Crippen LogP contribution in [-0.2, 0) is 9.63 Å². The zero-order valence-electron chi connectivity index (χ0n) is 17.3. The van der Waals surface area contributed by atoms with E-state index in [4.69, 9.17) is 10.6 Å². The molecule has 4 fully saturated rings. The lowest BCUT2D eigenvalue weighted by atomic mass is 9.45. The molecule has 0 heterocycles. The lowest BCUT2D eigenvalue weighted by molar-refractivity contribution is -0.137. The molecule has 0 bridgehead atoms. The first-order valence-electron chi connectivity index (χ1n) is 11.4. The minimum Gasteiger partial charge on any atom is -0.396 e. The van der Waals surface area contributed by atoms with Crippen LogP contribution in [0.25, 0.3) is 0 Å². The Labute approximate surface area is 164 Å². The molecule has 4 heteroatoms. The summed E-state index contributed by atoms with van der Waals surface area (Å²) in [5, 5.41) is 4.49. The second-order valence-corrected chi connectivity index (χ2v) is 10.3. The van der Waals surface area contributed by atoms with Crippen molar-refractivity contribution in [1.82, 2.24) is 0 Å². The Morgan fingerprint density at radius 1 is 1.07 bits per heavy atom. The fraction of sp³-hybridized carbons (Fsp3) is 0.913. The normalized spacial score (nSPS) is 45.3. The van der Waals surface area contributed by atoms with Gasteiger partial charge in [0.25, 0.3) is 0 Å². The Hall–Kier alpha value is -0.900. The van der Waals surface area contributed by atoms with Crippen LogP contribution in [0.3, 0.4) is 0 Å². The van der Waals surface area contributed by atoms with Crippen molar-refractivity contribution in [2.75, 3.05) is 13.2 Å². The predicted octanol–water partition coefficient (Wildman–Crippen LogP) is 4.71. The van der Waals surface area contributed by atoms with Gasteiger partial charge in [0, 0.05) is 11.8 Å². The van der Waals surface area contributed by atoms with E-state index in [2.05, 4.69) is 19.0 Å². The fourth-order valence-corrected chi connectivity index (χ4v) is 7.36. The van der Waals surface area contributed by atoms with Crippen LogP contribution in [0.1, 0.15) is 84.5 Å². The van der Waals surface area contributed by atoms with Crippen molar-refractivity contribution in [3.63, 3.8) is 0 Å². The molecule has 4 aliphatic rings. The molecule has 0 saturated heterocycles. The number of hydrogen-bond donors (Lipinski definition) is 1. The molecule has 0 amide bonds. The third-order valence-corrected chi connectivity index (χ3v) is 9.09. The Morgan fingerprint density at radius 2 is 1.93 bits per heavy atom. The fourth-order valence-electron chi connectivity index (χ4n) is 7.36. The number of oxime groups is 1. The first kappa shape index (κ1) is 19.4. The largest absolute Gasteiger partial charge is 0.396 e. The molecule has 0 spiro atoms. The molecule has 0 radical (unpaired) electrons. The van der Waals surface area contributed by atoms with Gasteiger partial charge in [0.1, 0.15) is 12.4 Å². The van der Waals surface area contributed by atoms with Crippen molar-refractivity contribution in [3.8, 4) is 0 Å². The van der Waals surface area contributed by atoms with Crippen LogP contribution in [-0.4, -0.2) is 24.6 Å². The van der Waals surface area contributed by atoms with E-state index in [1.165, 1.54) is 31.4 Å². The zero-order chi connectivity index (χ0) is 19.1. The lowest BCUT2D eigenvalue weighted by Crippen LogP contribution is -2.53. The first-order chi connectivity index (χ1) is 13.0. The Morgan fingerprint density at radius 3 is 2.74 bits per heavy atom. The minimum absolute atomic E-state index is 0.00299. The highest BCUT2D eigenvalue weighted by Crippen LogP contribution is 2.65. The van der Waals surface area contributed by atoms with Crippen LogP contribution in [0, 0.1) is 34.5 Å². The van der Waals surface area contributed by atoms with Gasteiger partial charge in [-0.2, -0.15) is 0 Å². The summed E-state index contributed by atoms with van der Waals surface area (Å²) < 4.78 is 0. The summed E-state index contributed by atoms with van der Waals surface area (Å²) in [6, 6.07) is 0. The van der Waals surface area contributed by atoms with E-state index in [0.29, 0.717) is 23.7 Å². The average Bonchev–Trinajstić information content (AvgIpc) is 2.97. The number of hydrogen-bond acceptors (Lipinski definition) is 4. The summed E-state index contributed by atoms with van der Waals surface area (Å²) in [6.45, 7) is 6.27. The van der Waals surface area contributed by atoms with E-state index >= 15 is 0 Å². The van der Waals surface area contributed by atoms with Crippen LogP contribution < -0.4 is 5.73 Å². The summed E-state index contributed by atoms with van der Waals surface area (Å²) in [6.07, 6.45) is 12.5. The Balaban J connectivity index is 1.42. The number of carbonyl (C=O) groups is 1. The molecule has 4 aliphatic carbocycles. The van der Waals surface area contributed by atoms with Gasteiger partial charge >= 0.3 is 0 Å². The molecule has 6 unspecified atom stereocenters. The maximum Gasteiger partial charge on any atom is 0.139 e. The molecule has 0 aromatic rings. The standard InChI is InChI=1S/C23H38N2O2/c1-22-11-9-17(25-27-14-4-3-13-24)15-16(22)5-6-18-19-7-8-21(26)23(19,2)12-10-20(18)22/h16,18-20H,3-15,24H2,1-2H3. The van der Waals surface area contributed by atoms with Crippen molar-refractivity contribution in [1.29, 1.82) is 0 Å². The molecule has 0 aromatic carbocycles. The lowest BCUT2D eigenvalue weighted by Gasteiger charge is -2.59. The van der Waals surface area contributed by atoms with E-state index in [0.717, 1.165) is 69.2 Å². The van der Waals surface area contributed by atoms with Crippen molar-refractivity contribution in [3.05, 3.63) is 0 Å². The van der Waals surface area contributed by atoms with Gasteiger partial charge < -0.3 is 10.6 Å². The Kier molecular flexibility index (Phi) is 5.39.